The van der Waals surface area contributed by atoms with Gasteiger partial charge in [-0.1, -0.05) is 134 Å². The molecule has 0 heterocycles. The van der Waals surface area contributed by atoms with Crippen molar-refractivity contribution in [2.75, 3.05) is 6.54 Å². The van der Waals surface area contributed by atoms with Gasteiger partial charge in [-0.2, -0.15) is 0 Å². The Bertz CT molecular complexity index is 443. The molecule has 0 aliphatic heterocycles. The molecule has 0 aliphatic carbocycles. The highest BCUT2D eigenvalue weighted by Gasteiger charge is 2.18. The summed E-state index contributed by atoms with van der Waals surface area (Å²) in [6, 6.07) is 10.8. The van der Waals surface area contributed by atoms with Crippen LogP contribution < -0.4 is 5.32 Å². The molecule has 2 heteroatoms. The van der Waals surface area contributed by atoms with Gasteiger partial charge in [0.1, 0.15) is 0 Å². The zero-order valence-corrected chi connectivity index (χ0v) is 22.1. The van der Waals surface area contributed by atoms with E-state index in [1.807, 2.05) is 0 Å². The Balaban J connectivity index is 0.00000784. The van der Waals surface area contributed by atoms with E-state index in [4.69, 9.17) is 0 Å². The van der Waals surface area contributed by atoms with Gasteiger partial charge >= 0.3 is 0 Å². The summed E-state index contributed by atoms with van der Waals surface area (Å²) in [5.74, 6) is 0. The molecule has 0 atom stereocenters. The van der Waals surface area contributed by atoms with Crippen molar-refractivity contribution in [1.82, 2.24) is 5.32 Å². The lowest BCUT2D eigenvalue weighted by molar-refractivity contribution is 0.394. The average Bonchev–Trinajstić information content (AvgIpc) is 2.71. The van der Waals surface area contributed by atoms with Crippen molar-refractivity contribution in [3.63, 3.8) is 0 Å². The summed E-state index contributed by atoms with van der Waals surface area (Å²) >= 11 is 0. The molecular weight excluding hydrogens is 465 g/mol. The van der Waals surface area contributed by atoms with Crippen LogP contribution in [-0.2, 0) is 5.54 Å². The third kappa shape index (κ3) is 16.3. The second-order valence-electron chi connectivity index (χ2n) is 9.22. The molecule has 29 heavy (non-hydrogen) atoms. The Hall–Kier alpha value is -0.0900. The first-order chi connectivity index (χ1) is 13.7. The molecular formula is C27H50IN. The van der Waals surface area contributed by atoms with Crippen LogP contribution >= 0.6 is 24.0 Å². The van der Waals surface area contributed by atoms with Crippen LogP contribution in [0.1, 0.15) is 129 Å². The van der Waals surface area contributed by atoms with Gasteiger partial charge in [0.2, 0.25) is 0 Å². The predicted molar refractivity (Wildman–Crippen MR) is 142 cm³/mol. The molecule has 0 aliphatic rings. The lowest BCUT2D eigenvalue weighted by Gasteiger charge is -2.27. The van der Waals surface area contributed by atoms with Crippen molar-refractivity contribution in [2.45, 2.75) is 129 Å². The molecule has 0 amide bonds. The van der Waals surface area contributed by atoms with E-state index in [0.717, 1.165) is 6.54 Å². The maximum absolute atomic E-state index is 3.72. The number of benzene rings is 1. The third-order valence-corrected chi connectivity index (χ3v) is 6.09. The quantitative estimate of drug-likeness (QED) is 0.143. The second-order valence-corrected chi connectivity index (χ2v) is 9.22. The Labute approximate surface area is 200 Å². The molecule has 0 unspecified atom stereocenters. The summed E-state index contributed by atoms with van der Waals surface area (Å²) in [6.45, 7) is 8.00. The van der Waals surface area contributed by atoms with Gasteiger partial charge in [0, 0.05) is 5.54 Å². The van der Waals surface area contributed by atoms with Crippen LogP contribution in [0.5, 0.6) is 0 Å². The van der Waals surface area contributed by atoms with Crippen molar-refractivity contribution >= 4 is 24.0 Å². The van der Waals surface area contributed by atoms with Gasteiger partial charge in [-0.05, 0) is 32.4 Å². The van der Waals surface area contributed by atoms with Gasteiger partial charge in [0.25, 0.3) is 0 Å². The zero-order valence-electron chi connectivity index (χ0n) is 19.8. The summed E-state index contributed by atoms with van der Waals surface area (Å²) in [7, 11) is 0. The summed E-state index contributed by atoms with van der Waals surface area (Å²) in [6.07, 6.45) is 22.9. The van der Waals surface area contributed by atoms with E-state index in [9.17, 15) is 0 Å². The van der Waals surface area contributed by atoms with Crippen LogP contribution in [0.25, 0.3) is 0 Å². The molecule has 0 spiro atoms. The highest BCUT2D eigenvalue weighted by molar-refractivity contribution is 14.0. The maximum Gasteiger partial charge on any atom is 0.0377 e. The van der Waals surface area contributed by atoms with Gasteiger partial charge in [0.15, 0.2) is 0 Å². The Morgan fingerprint density at radius 3 is 1.38 bits per heavy atom. The van der Waals surface area contributed by atoms with Crippen molar-refractivity contribution in [3.05, 3.63) is 35.9 Å². The van der Waals surface area contributed by atoms with Crippen LogP contribution in [0.15, 0.2) is 30.3 Å². The summed E-state index contributed by atoms with van der Waals surface area (Å²) in [5, 5.41) is 3.72. The summed E-state index contributed by atoms with van der Waals surface area (Å²) in [5.41, 5.74) is 1.46. The highest BCUT2D eigenvalue weighted by atomic mass is 127. The first-order valence-corrected chi connectivity index (χ1v) is 12.5. The highest BCUT2D eigenvalue weighted by Crippen LogP contribution is 2.19. The fourth-order valence-electron chi connectivity index (χ4n) is 4.03. The molecule has 0 fully saturated rings. The molecule has 1 aromatic rings. The van der Waals surface area contributed by atoms with E-state index in [2.05, 4.69) is 56.4 Å². The largest absolute Gasteiger partial charge is 0.308 e. The van der Waals surface area contributed by atoms with Crippen LogP contribution in [-0.4, -0.2) is 6.54 Å². The molecule has 170 valence electrons. The van der Waals surface area contributed by atoms with Gasteiger partial charge in [0.05, 0.1) is 0 Å². The number of hydrogen-bond donors (Lipinski definition) is 1. The first-order valence-electron chi connectivity index (χ1n) is 12.5. The van der Waals surface area contributed by atoms with Crippen molar-refractivity contribution < 1.29 is 0 Å². The van der Waals surface area contributed by atoms with Crippen molar-refractivity contribution in [2.24, 2.45) is 0 Å². The maximum atomic E-state index is 3.72. The topological polar surface area (TPSA) is 12.0 Å². The summed E-state index contributed by atoms with van der Waals surface area (Å²) < 4.78 is 0. The number of halogens is 1. The Kier molecular flexibility index (Phi) is 19.8. The molecule has 1 nitrogen and oxygen atoms in total. The van der Waals surface area contributed by atoms with E-state index in [-0.39, 0.29) is 29.5 Å². The number of rotatable bonds is 19. The molecule has 0 aromatic heterocycles. The fourth-order valence-corrected chi connectivity index (χ4v) is 4.03. The molecule has 0 radical (unpaired) electrons. The normalized spacial score (nSPS) is 11.4. The van der Waals surface area contributed by atoms with E-state index < -0.39 is 0 Å². The van der Waals surface area contributed by atoms with Crippen molar-refractivity contribution in [1.29, 1.82) is 0 Å². The monoisotopic (exact) mass is 515 g/mol. The van der Waals surface area contributed by atoms with Gasteiger partial charge in [-0.3, -0.25) is 0 Å². The first kappa shape index (κ1) is 28.9. The lowest BCUT2D eigenvalue weighted by Crippen LogP contribution is -2.37. The minimum Gasteiger partial charge on any atom is -0.308 e. The zero-order chi connectivity index (χ0) is 20.3. The fraction of sp³-hybridized carbons (Fsp3) is 0.778. The Morgan fingerprint density at radius 2 is 0.966 bits per heavy atom. The van der Waals surface area contributed by atoms with Gasteiger partial charge in [-0.15, -0.1) is 24.0 Å². The van der Waals surface area contributed by atoms with E-state index in [1.54, 1.807) is 0 Å². The minimum atomic E-state index is 0. The molecule has 0 saturated heterocycles. The van der Waals surface area contributed by atoms with E-state index in [0.29, 0.717) is 0 Å². The Morgan fingerprint density at radius 1 is 0.586 bits per heavy atom. The molecule has 1 N–H and O–H groups in total. The van der Waals surface area contributed by atoms with E-state index in [1.165, 1.54) is 108 Å². The van der Waals surface area contributed by atoms with Crippen molar-refractivity contribution in [3.8, 4) is 0 Å². The molecule has 0 bridgehead atoms. The lowest BCUT2D eigenvalue weighted by atomic mass is 9.94. The number of unbranched alkanes of at least 4 members (excludes halogenated alkanes) is 15. The standard InChI is InChI=1S/C27H49N.HI/c1-4-5-6-7-8-9-10-11-12-13-14-15-16-17-18-22-25-28-27(2,3)26-23-20-19-21-24-26;/h19-21,23-24,28H,4-18,22,25H2,1-3H3;1H. The SMILES string of the molecule is CCCCCCCCCCCCCCCCCCNC(C)(C)c1ccccc1.I. The second kappa shape index (κ2) is 19.8. The predicted octanol–water partition coefficient (Wildman–Crippen LogP) is 9.39. The molecule has 1 rings (SSSR count). The molecule has 1 aromatic carbocycles. The van der Waals surface area contributed by atoms with Crippen LogP contribution in [0, 0.1) is 0 Å². The average molecular weight is 516 g/mol. The number of hydrogen-bond acceptors (Lipinski definition) is 1. The minimum absolute atomic E-state index is 0. The summed E-state index contributed by atoms with van der Waals surface area (Å²) in [4.78, 5) is 0. The van der Waals surface area contributed by atoms with Crippen LogP contribution in [0.3, 0.4) is 0 Å². The van der Waals surface area contributed by atoms with E-state index >= 15 is 0 Å². The number of nitrogens with one attached hydrogen (secondary N) is 1. The van der Waals surface area contributed by atoms with Crippen LogP contribution in [0.2, 0.25) is 0 Å². The van der Waals surface area contributed by atoms with Gasteiger partial charge in [-0.25, -0.2) is 0 Å². The van der Waals surface area contributed by atoms with Crippen LogP contribution in [0.4, 0.5) is 0 Å². The third-order valence-electron chi connectivity index (χ3n) is 6.09. The molecule has 0 saturated carbocycles. The smallest absolute Gasteiger partial charge is 0.0377 e. The van der Waals surface area contributed by atoms with Gasteiger partial charge < -0.3 is 5.32 Å².